The first-order valence-electron chi connectivity index (χ1n) is 11.2. The van der Waals surface area contributed by atoms with E-state index < -0.39 is 47.3 Å². The minimum Gasteiger partial charge on any atom is -0.480 e. The maximum Gasteiger partial charge on any atom is 0.408 e. The van der Waals surface area contributed by atoms with Gasteiger partial charge in [-0.25, -0.2) is 14.4 Å². The van der Waals surface area contributed by atoms with Gasteiger partial charge in [0.15, 0.2) is 0 Å². The van der Waals surface area contributed by atoms with E-state index in [4.69, 9.17) is 9.47 Å². The molecule has 0 bridgehead atoms. The smallest absolute Gasteiger partial charge is 0.408 e. The van der Waals surface area contributed by atoms with Gasteiger partial charge in [0.1, 0.15) is 23.3 Å². The molecule has 1 aromatic rings. The van der Waals surface area contributed by atoms with Gasteiger partial charge in [-0.1, -0.05) is 30.3 Å². The number of hydrogen-bond donors (Lipinski definition) is 4. The highest BCUT2D eigenvalue weighted by molar-refractivity contribution is 5.89. The molecule has 0 saturated carbocycles. The SMILES string of the molecule is CC(C)(C)OC(=O)NCCC[C@H](NC(=O)OC(C)(C)C)C(=O)N[C@@H](Cc1ccccc1)C(=O)O. The minimum absolute atomic E-state index is 0.0846. The fourth-order valence-electron chi connectivity index (χ4n) is 2.85. The molecule has 1 rings (SSSR count). The van der Waals surface area contributed by atoms with Crippen molar-refractivity contribution >= 4 is 24.1 Å². The van der Waals surface area contributed by atoms with Gasteiger partial charge in [-0.15, -0.1) is 0 Å². The van der Waals surface area contributed by atoms with Crippen molar-refractivity contribution in [1.82, 2.24) is 16.0 Å². The topological polar surface area (TPSA) is 143 Å². The number of nitrogens with one attached hydrogen (secondary N) is 3. The number of carboxylic acid groups (broad SMARTS) is 1. The second kappa shape index (κ2) is 12.8. The summed E-state index contributed by atoms with van der Waals surface area (Å²) < 4.78 is 10.4. The quantitative estimate of drug-likeness (QED) is 0.378. The standard InChI is InChI=1S/C24H37N3O7/c1-23(2,3)33-21(31)25-14-10-13-17(27-22(32)34-24(4,5)6)19(28)26-18(20(29)30)15-16-11-8-7-9-12-16/h7-9,11-12,17-18H,10,13-15H2,1-6H3,(H,25,31)(H,26,28)(H,27,32)(H,29,30)/t17-,18-/m0/s1. The average Bonchev–Trinajstić information content (AvgIpc) is 2.67. The number of benzene rings is 1. The molecule has 0 aliphatic carbocycles. The first kappa shape index (κ1) is 28.7. The van der Waals surface area contributed by atoms with Gasteiger partial charge in [0.25, 0.3) is 0 Å². The summed E-state index contributed by atoms with van der Waals surface area (Å²) in [7, 11) is 0. The van der Waals surface area contributed by atoms with Gasteiger partial charge in [0.05, 0.1) is 0 Å². The van der Waals surface area contributed by atoms with E-state index in [1.807, 2.05) is 6.07 Å². The molecule has 0 saturated heterocycles. The number of ether oxygens (including phenoxy) is 2. The molecule has 0 unspecified atom stereocenters. The van der Waals surface area contributed by atoms with Gasteiger partial charge in [0.2, 0.25) is 5.91 Å². The minimum atomic E-state index is -1.19. The monoisotopic (exact) mass is 479 g/mol. The van der Waals surface area contributed by atoms with Crippen LogP contribution in [0.3, 0.4) is 0 Å². The molecule has 10 heteroatoms. The Bertz CT molecular complexity index is 829. The van der Waals surface area contributed by atoms with Crippen LogP contribution in [-0.4, -0.2) is 59.0 Å². The predicted octanol–water partition coefficient (Wildman–Crippen LogP) is 3.00. The molecule has 34 heavy (non-hydrogen) atoms. The number of carbonyl (C=O) groups is 4. The number of alkyl carbamates (subject to hydrolysis) is 2. The van der Waals surface area contributed by atoms with E-state index in [0.29, 0.717) is 6.42 Å². The van der Waals surface area contributed by atoms with Gasteiger partial charge in [-0.2, -0.15) is 0 Å². The van der Waals surface area contributed by atoms with E-state index in [2.05, 4.69) is 16.0 Å². The second-order valence-corrected chi connectivity index (χ2v) is 9.86. The highest BCUT2D eigenvalue weighted by Gasteiger charge is 2.28. The number of carbonyl (C=O) groups excluding carboxylic acids is 3. The van der Waals surface area contributed by atoms with Crippen molar-refractivity contribution in [2.45, 2.75) is 84.1 Å². The lowest BCUT2D eigenvalue weighted by Gasteiger charge is -2.25. The molecule has 0 spiro atoms. The Balaban J connectivity index is 2.80. The Hall–Kier alpha value is -3.30. The first-order valence-corrected chi connectivity index (χ1v) is 11.2. The van der Waals surface area contributed by atoms with Crippen molar-refractivity contribution in [3.63, 3.8) is 0 Å². The number of hydrogen-bond acceptors (Lipinski definition) is 6. The summed E-state index contributed by atoms with van der Waals surface area (Å²) in [4.78, 5) is 48.7. The van der Waals surface area contributed by atoms with Crippen LogP contribution in [0.25, 0.3) is 0 Å². The van der Waals surface area contributed by atoms with Crippen molar-refractivity contribution in [1.29, 1.82) is 0 Å². The third-order valence-corrected chi connectivity index (χ3v) is 4.24. The molecule has 0 heterocycles. The first-order chi connectivity index (χ1) is 15.7. The largest absolute Gasteiger partial charge is 0.480 e. The van der Waals surface area contributed by atoms with Gasteiger partial charge < -0.3 is 30.5 Å². The molecule has 0 aliphatic heterocycles. The molecule has 0 fully saturated rings. The highest BCUT2D eigenvalue weighted by atomic mass is 16.6. The molecular formula is C24H37N3O7. The number of rotatable bonds is 10. The molecule has 4 N–H and O–H groups in total. The molecule has 0 aromatic heterocycles. The maximum atomic E-state index is 12.9. The van der Waals surface area contributed by atoms with Crippen molar-refractivity contribution in [3.05, 3.63) is 35.9 Å². The molecular weight excluding hydrogens is 442 g/mol. The summed E-state index contributed by atoms with van der Waals surface area (Å²) in [6.45, 7) is 10.5. The fraction of sp³-hybridized carbons (Fsp3) is 0.583. The van der Waals surface area contributed by atoms with E-state index in [-0.39, 0.29) is 19.4 Å². The van der Waals surface area contributed by atoms with Crippen LogP contribution < -0.4 is 16.0 Å². The summed E-state index contributed by atoms with van der Waals surface area (Å²) in [5.41, 5.74) is -0.677. The summed E-state index contributed by atoms with van der Waals surface area (Å²) in [6, 6.07) is 6.65. The molecule has 10 nitrogen and oxygen atoms in total. The molecule has 0 radical (unpaired) electrons. The molecule has 1 aromatic carbocycles. The zero-order valence-corrected chi connectivity index (χ0v) is 20.8. The van der Waals surface area contributed by atoms with Crippen LogP contribution in [-0.2, 0) is 25.5 Å². The molecule has 3 amide bonds. The van der Waals surface area contributed by atoms with E-state index in [1.54, 1.807) is 65.8 Å². The van der Waals surface area contributed by atoms with Gasteiger partial charge in [-0.3, -0.25) is 4.79 Å². The normalized spacial score (nSPS) is 13.2. The summed E-state index contributed by atoms with van der Waals surface area (Å²) in [6.07, 6.45) is -0.853. The maximum absolute atomic E-state index is 12.9. The predicted molar refractivity (Wildman–Crippen MR) is 126 cm³/mol. The lowest BCUT2D eigenvalue weighted by molar-refractivity contribution is -0.142. The van der Waals surface area contributed by atoms with Crippen LogP contribution in [0.15, 0.2) is 30.3 Å². The van der Waals surface area contributed by atoms with Gasteiger partial charge >= 0.3 is 18.2 Å². The lowest BCUT2D eigenvalue weighted by atomic mass is 10.0. The van der Waals surface area contributed by atoms with Crippen molar-refractivity contribution < 1.29 is 33.8 Å². The van der Waals surface area contributed by atoms with E-state index >= 15 is 0 Å². The Morgan fingerprint density at radius 3 is 1.94 bits per heavy atom. The fourth-order valence-corrected chi connectivity index (χ4v) is 2.85. The van der Waals surface area contributed by atoms with E-state index in [0.717, 1.165) is 5.56 Å². The van der Waals surface area contributed by atoms with Crippen LogP contribution in [0.2, 0.25) is 0 Å². The Morgan fingerprint density at radius 2 is 1.41 bits per heavy atom. The summed E-state index contributed by atoms with van der Waals surface area (Å²) in [5.74, 6) is -1.86. The van der Waals surface area contributed by atoms with Gasteiger partial charge in [-0.05, 0) is 59.9 Å². The van der Waals surface area contributed by atoms with Crippen LogP contribution in [0.4, 0.5) is 9.59 Å². The van der Waals surface area contributed by atoms with Crippen LogP contribution in [0.1, 0.15) is 59.9 Å². The third kappa shape index (κ3) is 12.7. The van der Waals surface area contributed by atoms with Crippen molar-refractivity contribution in [2.24, 2.45) is 0 Å². The van der Waals surface area contributed by atoms with Gasteiger partial charge in [0, 0.05) is 13.0 Å². The number of amides is 3. The van der Waals surface area contributed by atoms with Crippen molar-refractivity contribution in [3.8, 4) is 0 Å². The lowest BCUT2D eigenvalue weighted by Crippen LogP contribution is -2.53. The summed E-state index contributed by atoms with van der Waals surface area (Å²) >= 11 is 0. The third-order valence-electron chi connectivity index (χ3n) is 4.24. The summed E-state index contributed by atoms with van der Waals surface area (Å²) in [5, 5.41) is 17.2. The zero-order valence-electron chi connectivity index (χ0n) is 20.8. The zero-order chi connectivity index (χ0) is 25.9. The van der Waals surface area contributed by atoms with Crippen LogP contribution >= 0.6 is 0 Å². The highest BCUT2D eigenvalue weighted by Crippen LogP contribution is 2.10. The van der Waals surface area contributed by atoms with Crippen molar-refractivity contribution in [2.75, 3.05) is 6.54 Å². The number of aliphatic carboxylic acids is 1. The van der Waals surface area contributed by atoms with E-state index in [1.165, 1.54) is 0 Å². The van der Waals surface area contributed by atoms with Crippen LogP contribution in [0, 0.1) is 0 Å². The van der Waals surface area contributed by atoms with Crippen LogP contribution in [0.5, 0.6) is 0 Å². The average molecular weight is 480 g/mol. The molecule has 2 atom stereocenters. The molecule has 190 valence electrons. The Labute approximate surface area is 200 Å². The Kier molecular flexibility index (Phi) is 10.8. The Morgan fingerprint density at radius 1 is 0.853 bits per heavy atom. The molecule has 0 aliphatic rings. The second-order valence-electron chi connectivity index (χ2n) is 9.86. The van der Waals surface area contributed by atoms with E-state index in [9.17, 15) is 24.3 Å². The number of carboxylic acids is 1.